The summed E-state index contributed by atoms with van der Waals surface area (Å²) in [4.78, 5) is 7.73. The summed E-state index contributed by atoms with van der Waals surface area (Å²) >= 11 is 0. The number of para-hydroxylation sites is 1. The highest BCUT2D eigenvalue weighted by Crippen LogP contribution is 2.37. The Hall–Kier alpha value is -2.17. The number of phenols is 1. The van der Waals surface area contributed by atoms with Crippen molar-refractivity contribution in [1.82, 2.24) is 10.2 Å². The van der Waals surface area contributed by atoms with E-state index in [9.17, 15) is 5.11 Å². The maximum atomic E-state index is 10.4. The lowest BCUT2D eigenvalue weighted by Gasteiger charge is -2.45. The number of benzene rings is 2. The second-order valence-corrected chi connectivity index (χ2v) is 7.85. The van der Waals surface area contributed by atoms with Crippen LogP contribution in [0.25, 0.3) is 0 Å². The molecule has 0 aromatic heterocycles. The van der Waals surface area contributed by atoms with Gasteiger partial charge in [0.1, 0.15) is 11.4 Å². The van der Waals surface area contributed by atoms with Crippen LogP contribution in [0.1, 0.15) is 48.9 Å². The molecule has 0 saturated carbocycles. The highest BCUT2D eigenvalue weighted by molar-refractivity contribution is 6.01. The number of aliphatic imine (C=N–C) groups is 1. The molecule has 4 heteroatoms. The average Bonchev–Trinajstić information content (AvgIpc) is 2.69. The number of piperidine rings is 1. The largest absolute Gasteiger partial charge is 0.508 e. The van der Waals surface area contributed by atoms with Crippen molar-refractivity contribution in [1.29, 1.82) is 0 Å². The monoisotopic (exact) mass is 363 g/mol. The molecule has 0 aliphatic carbocycles. The van der Waals surface area contributed by atoms with Gasteiger partial charge in [-0.05, 0) is 37.9 Å². The lowest BCUT2D eigenvalue weighted by atomic mass is 9.87. The van der Waals surface area contributed by atoms with Gasteiger partial charge in [-0.3, -0.25) is 10.3 Å². The quantitative estimate of drug-likeness (QED) is 0.865. The smallest absolute Gasteiger partial charge is 0.120 e. The lowest BCUT2D eigenvalue weighted by molar-refractivity contribution is 0.129. The molecule has 142 valence electrons. The highest BCUT2D eigenvalue weighted by Gasteiger charge is 2.40. The highest BCUT2D eigenvalue weighted by atomic mass is 16.3. The standard InChI is InChI=1S/C23H29N3O/c1-3-26-14-12-23(13-15-26)24-20(18-10-8-17(2)9-11-18)16-21(25-23)19-6-4-5-7-22(19)27/h4-11,21,25,27H,3,12-16H2,1-2H3. The van der Waals surface area contributed by atoms with E-state index in [2.05, 4.69) is 48.3 Å². The predicted molar refractivity (Wildman–Crippen MR) is 110 cm³/mol. The molecule has 2 aliphatic rings. The van der Waals surface area contributed by atoms with E-state index < -0.39 is 0 Å². The van der Waals surface area contributed by atoms with Crippen LogP contribution in [-0.4, -0.2) is 41.0 Å². The van der Waals surface area contributed by atoms with Gasteiger partial charge in [-0.25, -0.2) is 0 Å². The Kier molecular flexibility index (Phi) is 5.02. The molecule has 1 fully saturated rings. The fourth-order valence-corrected chi connectivity index (χ4v) is 4.30. The molecule has 0 amide bonds. The molecule has 0 radical (unpaired) electrons. The summed E-state index contributed by atoms with van der Waals surface area (Å²) in [5.41, 5.74) is 4.33. The molecule has 1 unspecified atom stereocenters. The summed E-state index contributed by atoms with van der Waals surface area (Å²) < 4.78 is 0. The van der Waals surface area contributed by atoms with Gasteiger partial charge in [0, 0.05) is 36.8 Å². The molecule has 2 aromatic rings. The number of hydrogen-bond acceptors (Lipinski definition) is 4. The third-order valence-corrected chi connectivity index (χ3v) is 6.02. The maximum absolute atomic E-state index is 10.4. The van der Waals surface area contributed by atoms with Crippen molar-refractivity contribution >= 4 is 5.71 Å². The van der Waals surface area contributed by atoms with E-state index in [-0.39, 0.29) is 11.7 Å². The minimum absolute atomic E-state index is 0.0770. The first kappa shape index (κ1) is 18.2. The molecule has 2 N–H and O–H groups in total. The number of nitrogens with zero attached hydrogens (tertiary/aromatic N) is 2. The molecule has 0 bridgehead atoms. The summed E-state index contributed by atoms with van der Waals surface area (Å²) in [6.07, 6.45) is 2.79. The van der Waals surface area contributed by atoms with Gasteiger partial charge >= 0.3 is 0 Å². The van der Waals surface area contributed by atoms with Crippen LogP contribution < -0.4 is 5.32 Å². The molecular formula is C23H29N3O. The van der Waals surface area contributed by atoms with Gasteiger partial charge in [0.05, 0.1) is 0 Å². The van der Waals surface area contributed by atoms with Crippen LogP contribution in [0.5, 0.6) is 5.75 Å². The van der Waals surface area contributed by atoms with Crippen LogP contribution in [0.3, 0.4) is 0 Å². The third kappa shape index (κ3) is 3.78. The topological polar surface area (TPSA) is 47.9 Å². The Morgan fingerprint density at radius 1 is 1.11 bits per heavy atom. The van der Waals surface area contributed by atoms with E-state index in [1.807, 2.05) is 18.2 Å². The summed E-state index contributed by atoms with van der Waals surface area (Å²) in [6.45, 7) is 7.54. The van der Waals surface area contributed by atoms with Crippen LogP contribution >= 0.6 is 0 Å². The van der Waals surface area contributed by atoms with Crippen molar-refractivity contribution in [3.63, 3.8) is 0 Å². The fraction of sp³-hybridized carbons (Fsp3) is 0.435. The number of aryl methyl sites for hydroxylation is 1. The zero-order valence-electron chi connectivity index (χ0n) is 16.3. The summed E-state index contributed by atoms with van der Waals surface area (Å²) in [5.74, 6) is 0.362. The fourth-order valence-electron chi connectivity index (χ4n) is 4.30. The van der Waals surface area contributed by atoms with Crippen molar-refractivity contribution in [3.8, 4) is 5.75 Å². The summed E-state index contributed by atoms with van der Waals surface area (Å²) in [5, 5.41) is 14.2. The molecule has 1 atom stereocenters. The number of nitrogens with one attached hydrogen (secondary N) is 1. The second-order valence-electron chi connectivity index (χ2n) is 7.85. The van der Waals surface area contributed by atoms with E-state index in [1.54, 1.807) is 6.07 Å². The first-order chi connectivity index (χ1) is 13.1. The van der Waals surface area contributed by atoms with Crippen LogP contribution in [0.2, 0.25) is 0 Å². The van der Waals surface area contributed by atoms with Gasteiger partial charge < -0.3 is 10.0 Å². The molecule has 4 rings (SSSR count). The van der Waals surface area contributed by atoms with E-state index in [1.165, 1.54) is 11.1 Å². The first-order valence-electron chi connectivity index (χ1n) is 10.0. The van der Waals surface area contributed by atoms with Crippen LogP contribution in [0, 0.1) is 6.92 Å². The van der Waals surface area contributed by atoms with Gasteiger partial charge in [0.2, 0.25) is 0 Å². The van der Waals surface area contributed by atoms with Crippen LogP contribution in [0.4, 0.5) is 0 Å². The number of hydrogen-bond donors (Lipinski definition) is 2. The molecular weight excluding hydrogens is 334 g/mol. The Morgan fingerprint density at radius 2 is 1.81 bits per heavy atom. The van der Waals surface area contributed by atoms with Crippen molar-refractivity contribution in [2.75, 3.05) is 19.6 Å². The molecule has 2 aromatic carbocycles. The molecule has 27 heavy (non-hydrogen) atoms. The number of aromatic hydroxyl groups is 1. The van der Waals surface area contributed by atoms with E-state index in [0.29, 0.717) is 5.75 Å². The zero-order chi connectivity index (χ0) is 18.9. The van der Waals surface area contributed by atoms with E-state index >= 15 is 0 Å². The minimum Gasteiger partial charge on any atom is -0.508 e. The second kappa shape index (κ2) is 7.45. The number of likely N-dealkylation sites (tertiary alicyclic amines) is 1. The van der Waals surface area contributed by atoms with Crippen LogP contribution in [0.15, 0.2) is 53.5 Å². The maximum Gasteiger partial charge on any atom is 0.120 e. The molecule has 2 heterocycles. The predicted octanol–water partition coefficient (Wildman–Crippen LogP) is 4.04. The van der Waals surface area contributed by atoms with Gasteiger partial charge in [0.25, 0.3) is 0 Å². The minimum atomic E-state index is -0.239. The number of phenolic OH excluding ortho intramolecular Hbond substituents is 1. The van der Waals surface area contributed by atoms with Gasteiger partial charge in [0.15, 0.2) is 0 Å². The van der Waals surface area contributed by atoms with Crippen LogP contribution in [-0.2, 0) is 0 Å². The molecule has 1 spiro atoms. The average molecular weight is 364 g/mol. The van der Waals surface area contributed by atoms with E-state index in [0.717, 1.165) is 50.2 Å². The Bertz CT molecular complexity index is 820. The Morgan fingerprint density at radius 3 is 2.48 bits per heavy atom. The van der Waals surface area contributed by atoms with Crippen molar-refractivity contribution < 1.29 is 5.11 Å². The SMILES string of the molecule is CCN1CCC2(CC1)N=C(c1ccc(C)cc1)CC(c1ccccc1O)N2. The summed E-state index contributed by atoms with van der Waals surface area (Å²) in [7, 11) is 0. The van der Waals surface area contributed by atoms with E-state index in [4.69, 9.17) is 4.99 Å². The first-order valence-corrected chi connectivity index (χ1v) is 10.0. The van der Waals surface area contributed by atoms with Crippen molar-refractivity contribution in [2.24, 2.45) is 4.99 Å². The molecule has 2 aliphatic heterocycles. The Balaban J connectivity index is 1.70. The van der Waals surface area contributed by atoms with Gasteiger partial charge in [-0.15, -0.1) is 0 Å². The Labute approximate surface area is 161 Å². The van der Waals surface area contributed by atoms with Gasteiger partial charge in [-0.1, -0.05) is 55.0 Å². The lowest BCUT2D eigenvalue weighted by Crippen LogP contribution is -2.56. The zero-order valence-corrected chi connectivity index (χ0v) is 16.3. The summed E-state index contributed by atoms with van der Waals surface area (Å²) in [6, 6.07) is 16.4. The molecule has 4 nitrogen and oxygen atoms in total. The molecule has 1 saturated heterocycles. The van der Waals surface area contributed by atoms with Gasteiger partial charge in [-0.2, -0.15) is 0 Å². The normalized spacial score (nSPS) is 22.6. The number of rotatable bonds is 3. The van der Waals surface area contributed by atoms with Crippen molar-refractivity contribution in [3.05, 3.63) is 65.2 Å². The third-order valence-electron chi connectivity index (χ3n) is 6.02. The van der Waals surface area contributed by atoms with Crippen molar-refractivity contribution in [2.45, 2.75) is 44.8 Å².